The SMILES string of the molecule is CSc1ccc(CN2C[C@H](n3cnnn3)C[C@H]2C(=O)NCc2ccccc2Cl)cc1. The lowest BCUT2D eigenvalue weighted by molar-refractivity contribution is -0.125. The van der Waals surface area contributed by atoms with Crippen molar-refractivity contribution in [3.8, 4) is 0 Å². The highest BCUT2D eigenvalue weighted by Crippen LogP contribution is 2.29. The molecule has 0 bridgehead atoms. The summed E-state index contributed by atoms with van der Waals surface area (Å²) < 4.78 is 1.74. The monoisotopic (exact) mass is 442 g/mol. The number of aromatic nitrogens is 4. The summed E-state index contributed by atoms with van der Waals surface area (Å²) in [5, 5.41) is 15.2. The Morgan fingerprint density at radius 1 is 1.23 bits per heavy atom. The van der Waals surface area contributed by atoms with Gasteiger partial charge in [-0.25, -0.2) is 4.68 Å². The van der Waals surface area contributed by atoms with E-state index in [1.54, 1.807) is 22.8 Å². The number of thioether (sulfide) groups is 1. The molecule has 0 radical (unpaired) electrons. The van der Waals surface area contributed by atoms with E-state index in [0.717, 1.165) is 5.56 Å². The van der Waals surface area contributed by atoms with Gasteiger partial charge in [0.15, 0.2) is 0 Å². The fraction of sp³-hybridized carbons (Fsp3) is 0.333. The maximum absolute atomic E-state index is 13.1. The minimum absolute atomic E-state index is 0.00812. The van der Waals surface area contributed by atoms with Gasteiger partial charge in [-0.3, -0.25) is 9.69 Å². The van der Waals surface area contributed by atoms with Crippen LogP contribution in [0.1, 0.15) is 23.6 Å². The van der Waals surface area contributed by atoms with Gasteiger partial charge >= 0.3 is 0 Å². The Morgan fingerprint density at radius 2 is 2.03 bits per heavy atom. The molecule has 1 N–H and O–H groups in total. The largest absolute Gasteiger partial charge is 0.351 e. The van der Waals surface area contributed by atoms with Gasteiger partial charge in [0.05, 0.1) is 12.1 Å². The standard InChI is InChI=1S/C21H23ClN6OS/c1-30-18-8-6-15(7-9-18)12-27-13-17(28-14-24-25-26-28)10-20(27)21(29)23-11-16-4-2-3-5-19(16)22/h2-9,14,17,20H,10-13H2,1H3,(H,23,29)/t17-,20+/m1/s1. The van der Waals surface area contributed by atoms with E-state index in [2.05, 4.69) is 56.3 Å². The predicted octanol–water partition coefficient (Wildman–Crippen LogP) is 3.18. The summed E-state index contributed by atoms with van der Waals surface area (Å²) in [5.41, 5.74) is 2.08. The van der Waals surface area contributed by atoms with Gasteiger partial charge in [-0.05, 0) is 52.4 Å². The Bertz CT molecular complexity index is 981. The van der Waals surface area contributed by atoms with Crippen LogP contribution in [0, 0.1) is 0 Å². The highest BCUT2D eigenvalue weighted by atomic mass is 35.5. The Kier molecular flexibility index (Phi) is 6.66. The third kappa shape index (κ3) is 4.83. The van der Waals surface area contributed by atoms with Crippen LogP contribution in [-0.4, -0.2) is 49.9 Å². The molecule has 3 aromatic rings. The van der Waals surface area contributed by atoms with Crippen LogP contribution >= 0.6 is 23.4 Å². The van der Waals surface area contributed by atoms with Gasteiger partial charge in [-0.15, -0.1) is 16.9 Å². The molecule has 1 saturated heterocycles. The number of hydrogen-bond donors (Lipinski definition) is 1. The van der Waals surface area contributed by atoms with Crippen molar-refractivity contribution in [2.45, 2.75) is 36.5 Å². The second kappa shape index (κ2) is 9.59. The third-order valence-corrected chi connectivity index (χ3v) is 6.49. The number of nitrogens with one attached hydrogen (secondary N) is 1. The topological polar surface area (TPSA) is 75.9 Å². The van der Waals surface area contributed by atoms with Crippen LogP contribution in [0.15, 0.2) is 59.8 Å². The summed E-state index contributed by atoms with van der Waals surface area (Å²) in [6, 6.07) is 15.8. The number of amides is 1. The number of carbonyl (C=O) groups excluding carboxylic acids is 1. The molecular formula is C21H23ClN6OS. The lowest BCUT2D eigenvalue weighted by Crippen LogP contribution is -2.42. The molecule has 7 nitrogen and oxygen atoms in total. The molecule has 1 aliphatic heterocycles. The molecule has 9 heteroatoms. The zero-order valence-electron chi connectivity index (χ0n) is 16.6. The maximum Gasteiger partial charge on any atom is 0.237 e. The van der Waals surface area contributed by atoms with E-state index in [-0.39, 0.29) is 18.0 Å². The number of likely N-dealkylation sites (tertiary alicyclic amines) is 1. The summed E-state index contributed by atoms with van der Waals surface area (Å²) in [6.45, 7) is 1.80. The van der Waals surface area contributed by atoms with Crippen molar-refractivity contribution in [3.63, 3.8) is 0 Å². The Labute approximate surface area is 184 Å². The molecule has 156 valence electrons. The predicted molar refractivity (Wildman–Crippen MR) is 117 cm³/mol. The first-order chi connectivity index (χ1) is 14.6. The van der Waals surface area contributed by atoms with Crippen molar-refractivity contribution in [1.82, 2.24) is 30.4 Å². The first kappa shape index (κ1) is 20.8. The van der Waals surface area contributed by atoms with Crippen LogP contribution in [0.3, 0.4) is 0 Å². The van der Waals surface area contributed by atoms with E-state index in [1.165, 1.54) is 10.5 Å². The van der Waals surface area contributed by atoms with Gasteiger partial charge in [0, 0.05) is 29.6 Å². The summed E-state index contributed by atoms with van der Waals surface area (Å²) in [6.07, 6.45) is 4.33. The zero-order chi connectivity index (χ0) is 20.9. The van der Waals surface area contributed by atoms with Crippen molar-refractivity contribution in [2.24, 2.45) is 0 Å². The number of carbonyl (C=O) groups is 1. The highest BCUT2D eigenvalue weighted by molar-refractivity contribution is 7.98. The minimum Gasteiger partial charge on any atom is -0.351 e. The van der Waals surface area contributed by atoms with E-state index >= 15 is 0 Å². The van der Waals surface area contributed by atoms with Crippen molar-refractivity contribution in [1.29, 1.82) is 0 Å². The molecule has 0 unspecified atom stereocenters. The second-order valence-corrected chi connectivity index (χ2v) is 8.57. The molecule has 4 rings (SSSR count). The lowest BCUT2D eigenvalue weighted by atomic mass is 10.1. The smallest absolute Gasteiger partial charge is 0.237 e. The molecule has 1 fully saturated rings. The second-order valence-electron chi connectivity index (χ2n) is 7.28. The van der Waals surface area contributed by atoms with Crippen molar-refractivity contribution >= 4 is 29.3 Å². The lowest BCUT2D eigenvalue weighted by Gasteiger charge is -2.23. The fourth-order valence-corrected chi connectivity index (χ4v) is 4.37. The van der Waals surface area contributed by atoms with Crippen LogP contribution in [0.5, 0.6) is 0 Å². The van der Waals surface area contributed by atoms with Crippen molar-refractivity contribution < 1.29 is 4.79 Å². The number of tetrazole rings is 1. The molecule has 0 aliphatic carbocycles. The summed E-state index contributed by atoms with van der Waals surface area (Å²) in [5.74, 6) is -0.00812. The average Bonchev–Trinajstić information content (AvgIpc) is 3.44. The minimum atomic E-state index is -0.262. The number of hydrogen-bond acceptors (Lipinski definition) is 6. The van der Waals surface area contributed by atoms with Gasteiger partial charge in [-0.1, -0.05) is 41.9 Å². The average molecular weight is 443 g/mol. The Hall–Kier alpha value is -2.42. The molecule has 2 aromatic carbocycles. The summed E-state index contributed by atoms with van der Waals surface area (Å²) >= 11 is 7.95. The Morgan fingerprint density at radius 3 is 2.73 bits per heavy atom. The van der Waals surface area contributed by atoms with Crippen molar-refractivity contribution in [3.05, 3.63) is 71.0 Å². The van der Waals surface area contributed by atoms with Crippen LogP contribution < -0.4 is 5.32 Å². The number of nitrogens with zero attached hydrogens (tertiary/aromatic N) is 5. The molecule has 0 saturated carbocycles. The van der Waals surface area contributed by atoms with Gasteiger partial charge in [0.2, 0.25) is 5.91 Å². The highest BCUT2D eigenvalue weighted by Gasteiger charge is 2.38. The molecular weight excluding hydrogens is 420 g/mol. The van der Waals surface area contributed by atoms with Gasteiger partial charge < -0.3 is 5.32 Å². The van der Waals surface area contributed by atoms with Crippen LogP contribution in [0.25, 0.3) is 0 Å². The molecule has 0 spiro atoms. The van der Waals surface area contributed by atoms with E-state index in [9.17, 15) is 4.79 Å². The fourth-order valence-electron chi connectivity index (χ4n) is 3.76. The molecule has 2 heterocycles. The van der Waals surface area contributed by atoms with Crippen molar-refractivity contribution in [2.75, 3.05) is 12.8 Å². The molecule has 1 aromatic heterocycles. The summed E-state index contributed by atoms with van der Waals surface area (Å²) in [7, 11) is 0. The van der Waals surface area contributed by atoms with Gasteiger partial charge in [0.1, 0.15) is 6.33 Å². The molecule has 30 heavy (non-hydrogen) atoms. The molecule has 1 aliphatic rings. The van der Waals surface area contributed by atoms with E-state index in [1.807, 2.05) is 24.3 Å². The van der Waals surface area contributed by atoms with Crippen LogP contribution in [-0.2, 0) is 17.9 Å². The molecule has 2 atom stereocenters. The normalized spacial score (nSPS) is 19.1. The van der Waals surface area contributed by atoms with E-state index < -0.39 is 0 Å². The number of benzene rings is 2. The third-order valence-electron chi connectivity index (χ3n) is 5.38. The van der Waals surface area contributed by atoms with Gasteiger partial charge in [-0.2, -0.15) is 0 Å². The van der Waals surface area contributed by atoms with Gasteiger partial charge in [0.25, 0.3) is 0 Å². The number of rotatable bonds is 7. The quantitative estimate of drug-likeness (QED) is 0.566. The summed E-state index contributed by atoms with van der Waals surface area (Å²) in [4.78, 5) is 16.5. The maximum atomic E-state index is 13.1. The Balaban J connectivity index is 1.48. The van der Waals surface area contributed by atoms with Crippen LogP contribution in [0.2, 0.25) is 5.02 Å². The van der Waals surface area contributed by atoms with Crippen LogP contribution in [0.4, 0.5) is 0 Å². The van der Waals surface area contributed by atoms with E-state index in [0.29, 0.717) is 31.1 Å². The number of halogens is 1. The molecule has 1 amide bonds. The first-order valence-corrected chi connectivity index (χ1v) is 11.3. The van der Waals surface area contributed by atoms with E-state index in [4.69, 9.17) is 11.6 Å². The first-order valence-electron chi connectivity index (χ1n) is 9.74. The zero-order valence-corrected chi connectivity index (χ0v) is 18.2.